The van der Waals surface area contributed by atoms with Crippen LogP contribution in [0.4, 0.5) is 0 Å². The molecule has 0 bridgehead atoms. The first-order valence-corrected chi connectivity index (χ1v) is 13.6. The molecule has 176 valence electrons. The van der Waals surface area contributed by atoms with Crippen LogP contribution in [0.2, 0.25) is 0 Å². The number of sulfonamides is 1. The number of benzene rings is 2. The van der Waals surface area contributed by atoms with Gasteiger partial charge in [0.05, 0.1) is 26.5 Å². The Morgan fingerprint density at radius 3 is 2.56 bits per heavy atom. The Hall–Kier alpha value is -3.07. The van der Waals surface area contributed by atoms with E-state index in [1.165, 1.54) is 11.3 Å². The summed E-state index contributed by atoms with van der Waals surface area (Å²) in [6.07, 6.45) is 2.35. The van der Waals surface area contributed by atoms with Gasteiger partial charge in [0.2, 0.25) is 10.0 Å². The van der Waals surface area contributed by atoms with Gasteiger partial charge in [-0.1, -0.05) is 49.7 Å². The Labute approximate surface area is 204 Å². The highest BCUT2D eigenvalue weighted by atomic mass is 32.2. The third-order valence-electron chi connectivity index (χ3n) is 5.47. The summed E-state index contributed by atoms with van der Waals surface area (Å²) in [5.41, 5.74) is 2.80. The van der Waals surface area contributed by atoms with E-state index in [-0.39, 0.29) is 10.8 Å². The van der Waals surface area contributed by atoms with E-state index in [1.54, 1.807) is 24.3 Å². The predicted octanol–water partition coefficient (Wildman–Crippen LogP) is 5.01. The number of hydrogen-bond donors (Lipinski definition) is 2. The lowest BCUT2D eigenvalue weighted by Crippen LogP contribution is -2.26. The maximum atomic E-state index is 13.2. The maximum absolute atomic E-state index is 13.2. The molecule has 2 aromatic carbocycles. The van der Waals surface area contributed by atoms with Crippen LogP contribution in [0.1, 0.15) is 35.7 Å². The van der Waals surface area contributed by atoms with Gasteiger partial charge in [-0.2, -0.15) is 0 Å². The first kappa shape index (κ1) is 24.1. The van der Waals surface area contributed by atoms with Crippen molar-refractivity contribution >= 4 is 38.2 Å². The van der Waals surface area contributed by atoms with E-state index in [2.05, 4.69) is 10.0 Å². The number of nitrogens with one attached hydrogen (secondary N) is 2. The zero-order valence-corrected chi connectivity index (χ0v) is 20.6. The highest BCUT2D eigenvalue weighted by Gasteiger charge is 2.19. The zero-order chi connectivity index (χ0) is 24.0. The van der Waals surface area contributed by atoms with Crippen LogP contribution in [-0.2, 0) is 16.4 Å². The molecule has 8 heteroatoms. The Kier molecular flexibility index (Phi) is 7.72. The number of rotatable bonds is 10. The molecule has 2 N–H and O–H groups in total. The summed E-state index contributed by atoms with van der Waals surface area (Å²) in [7, 11) is -3.68. The van der Waals surface area contributed by atoms with Gasteiger partial charge in [0.1, 0.15) is 0 Å². The number of aromatic nitrogens is 1. The van der Waals surface area contributed by atoms with E-state index >= 15 is 0 Å². The van der Waals surface area contributed by atoms with Crippen LogP contribution in [0, 0.1) is 0 Å². The molecule has 2 aromatic heterocycles. The van der Waals surface area contributed by atoms with Crippen molar-refractivity contribution in [1.82, 2.24) is 15.0 Å². The molecule has 0 unspecified atom stereocenters. The van der Waals surface area contributed by atoms with Gasteiger partial charge < -0.3 is 5.32 Å². The van der Waals surface area contributed by atoms with Gasteiger partial charge in [-0.05, 0) is 54.1 Å². The second kappa shape index (κ2) is 10.9. The molecule has 0 radical (unpaired) electrons. The van der Waals surface area contributed by atoms with Crippen LogP contribution in [0.15, 0.2) is 77.0 Å². The molecule has 0 spiro atoms. The highest BCUT2D eigenvalue weighted by Crippen LogP contribution is 2.29. The minimum absolute atomic E-state index is 0.125. The van der Waals surface area contributed by atoms with Crippen molar-refractivity contribution in [3.63, 3.8) is 0 Å². The molecule has 0 aliphatic carbocycles. The lowest BCUT2D eigenvalue weighted by molar-refractivity contribution is 0.0955. The Bertz CT molecular complexity index is 1370. The van der Waals surface area contributed by atoms with E-state index in [4.69, 9.17) is 4.98 Å². The van der Waals surface area contributed by atoms with Crippen molar-refractivity contribution in [2.45, 2.75) is 31.1 Å². The van der Waals surface area contributed by atoms with Gasteiger partial charge in [0.15, 0.2) is 0 Å². The first-order valence-electron chi connectivity index (χ1n) is 11.3. The summed E-state index contributed by atoms with van der Waals surface area (Å²) in [6, 6.07) is 20.3. The SMILES string of the molecule is CCCCNS(=O)(=O)c1ccc2nc(-c3cccs3)cc(C(=O)NCCc3ccccc3)c2c1. The van der Waals surface area contributed by atoms with E-state index in [0.29, 0.717) is 41.7 Å². The summed E-state index contributed by atoms with van der Waals surface area (Å²) in [5.74, 6) is -0.255. The fourth-order valence-electron chi connectivity index (χ4n) is 3.64. The Morgan fingerprint density at radius 1 is 1.00 bits per heavy atom. The van der Waals surface area contributed by atoms with Gasteiger partial charge in [0, 0.05) is 18.5 Å². The second-order valence-electron chi connectivity index (χ2n) is 7.95. The zero-order valence-electron chi connectivity index (χ0n) is 19.0. The number of fused-ring (bicyclic) bond motifs is 1. The van der Waals surface area contributed by atoms with Crippen LogP contribution < -0.4 is 10.0 Å². The molecule has 4 aromatic rings. The molecule has 0 saturated heterocycles. The summed E-state index contributed by atoms with van der Waals surface area (Å²) < 4.78 is 28.2. The van der Waals surface area contributed by atoms with Gasteiger partial charge in [-0.3, -0.25) is 4.79 Å². The minimum atomic E-state index is -3.68. The van der Waals surface area contributed by atoms with E-state index < -0.39 is 10.0 Å². The topological polar surface area (TPSA) is 88.2 Å². The average molecular weight is 494 g/mol. The normalized spacial score (nSPS) is 11.6. The molecule has 2 heterocycles. The third kappa shape index (κ3) is 5.70. The van der Waals surface area contributed by atoms with Crippen molar-refractivity contribution in [2.24, 2.45) is 0 Å². The van der Waals surface area contributed by atoms with Gasteiger partial charge in [-0.25, -0.2) is 18.1 Å². The number of carbonyl (C=O) groups is 1. The van der Waals surface area contributed by atoms with Gasteiger partial charge >= 0.3 is 0 Å². The van der Waals surface area contributed by atoms with Crippen LogP contribution in [-0.4, -0.2) is 32.4 Å². The molecule has 0 aliphatic rings. The van der Waals surface area contributed by atoms with E-state index in [9.17, 15) is 13.2 Å². The number of amides is 1. The molecular formula is C26H27N3O3S2. The largest absolute Gasteiger partial charge is 0.352 e. The Morgan fingerprint density at radius 2 is 1.82 bits per heavy atom. The number of unbranched alkanes of at least 4 members (excludes halogenated alkanes) is 1. The van der Waals surface area contributed by atoms with Crippen molar-refractivity contribution < 1.29 is 13.2 Å². The highest BCUT2D eigenvalue weighted by molar-refractivity contribution is 7.89. The number of pyridine rings is 1. The van der Waals surface area contributed by atoms with Gasteiger partial charge in [0.25, 0.3) is 5.91 Å². The summed E-state index contributed by atoms with van der Waals surface area (Å²) >= 11 is 1.54. The fourth-order valence-corrected chi connectivity index (χ4v) is 5.42. The van der Waals surface area contributed by atoms with Crippen molar-refractivity contribution in [1.29, 1.82) is 0 Å². The maximum Gasteiger partial charge on any atom is 0.252 e. The van der Waals surface area contributed by atoms with E-state index in [0.717, 1.165) is 23.3 Å². The summed E-state index contributed by atoms with van der Waals surface area (Å²) in [6.45, 7) is 2.85. The fraction of sp³-hybridized carbons (Fsp3) is 0.231. The second-order valence-corrected chi connectivity index (χ2v) is 10.7. The Balaban J connectivity index is 1.68. The third-order valence-corrected chi connectivity index (χ3v) is 7.82. The van der Waals surface area contributed by atoms with Crippen LogP contribution >= 0.6 is 11.3 Å². The number of hydrogen-bond acceptors (Lipinski definition) is 5. The monoisotopic (exact) mass is 493 g/mol. The average Bonchev–Trinajstić information content (AvgIpc) is 3.39. The quantitative estimate of drug-likeness (QED) is 0.304. The first-order chi connectivity index (χ1) is 16.5. The van der Waals surface area contributed by atoms with Gasteiger partial charge in [-0.15, -0.1) is 11.3 Å². The van der Waals surface area contributed by atoms with Crippen LogP contribution in [0.3, 0.4) is 0 Å². The molecular weight excluding hydrogens is 466 g/mol. The minimum Gasteiger partial charge on any atom is -0.352 e. The van der Waals surface area contributed by atoms with Crippen molar-refractivity contribution in [3.8, 4) is 10.6 Å². The smallest absolute Gasteiger partial charge is 0.252 e. The molecule has 1 amide bonds. The molecule has 0 aliphatic heterocycles. The van der Waals surface area contributed by atoms with E-state index in [1.807, 2.05) is 54.8 Å². The van der Waals surface area contributed by atoms with Crippen LogP contribution in [0.25, 0.3) is 21.5 Å². The lowest BCUT2D eigenvalue weighted by atomic mass is 10.1. The molecule has 4 rings (SSSR count). The molecule has 0 saturated carbocycles. The molecule has 0 atom stereocenters. The van der Waals surface area contributed by atoms with Crippen molar-refractivity contribution in [3.05, 3.63) is 83.2 Å². The number of nitrogens with zero attached hydrogens (tertiary/aromatic N) is 1. The summed E-state index contributed by atoms with van der Waals surface area (Å²) in [4.78, 5) is 19.0. The van der Waals surface area contributed by atoms with Crippen LogP contribution in [0.5, 0.6) is 0 Å². The number of carbonyl (C=O) groups excluding carboxylic acids is 1. The lowest BCUT2D eigenvalue weighted by Gasteiger charge is -2.12. The molecule has 0 fully saturated rings. The summed E-state index contributed by atoms with van der Waals surface area (Å²) in [5, 5.41) is 5.45. The number of thiophene rings is 1. The van der Waals surface area contributed by atoms with Crippen molar-refractivity contribution in [2.75, 3.05) is 13.1 Å². The molecule has 34 heavy (non-hydrogen) atoms. The predicted molar refractivity (Wildman–Crippen MR) is 138 cm³/mol. The molecule has 6 nitrogen and oxygen atoms in total. The standard InChI is InChI=1S/C26H27N3O3S2/c1-2-3-14-28-34(31,32)20-11-12-23-21(17-20)22(18-24(29-23)25-10-7-16-33-25)26(30)27-15-13-19-8-5-4-6-9-19/h4-12,16-18,28H,2-3,13-15H2,1H3,(H,27,30).